The topological polar surface area (TPSA) is 67.2 Å². The largest absolute Gasteiger partial charge is 0.355 e. The molecule has 0 aliphatic carbocycles. The predicted octanol–water partition coefficient (Wildman–Crippen LogP) is 0.305. The number of rotatable bonds is 5. The molecule has 0 aliphatic rings. The van der Waals surface area contributed by atoms with Gasteiger partial charge in [0.05, 0.1) is 13.1 Å². The highest BCUT2D eigenvalue weighted by atomic mass is 16.2. The fourth-order valence-corrected chi connectivity index (χ4v) is 1.73. The van der Waals surface area contributed by atoms with Crippen molar-refractivity contribution in [1.29, 1.82) is 0 Å². The van der Waals surface area contributed by atoms with Crippen molar-refractivity contribution in [2.75, 3.05) is 25.5 Å². The highest BCUT2D eigenvalue weighted by Crippen LogP contribution is 2.15. The summed E-state index contributed by atoms with van der Waals surface area (Å²) in [5.41, 5.74) is 0.964. The predicted molar refractivity (Wildman–Crippen MR) is 75.0 cm³/mol. The van der Waals surface area contributed by atoms with Gasteiger partial charge in [-0.25, -0.2) is 4.68 Å². The molecule has 0 bridgehead atoms. The minimum absolute atomic E-state index is 0.0315. The van der Waals surface area contributed by atoms with Gasteiger partial charge in [-0.05, 0) is 22.6 Å². The number of likely N-dealkylation sites (N-methyl/N-ethyl adjacent to an activating group) is 1. The van der Waals surface area contributed by atoms with Gasteiger partial charge in [0.1, 0.15) is 0 Å². The standard InChI is InChI=1S/C13H18N6O/c1-17(2)13(20)10-19(11-7-5-4-6-8-11)9-12-14-15-16-18(12)3/h4-8H,9-10H2,1-3H3. The van der Waals surface area contributed by atoms with Crippen LogP contribution in [0.1, 0.15) is 5.82 Å². The summed E-state index contributed by atoms with van der Waals surface area (Å²) in [6.45, 7) is 0.761. The Kier molecular flexibility index (Phi) is 4.29. The van der Waals surface area contributed by atoms with Crippen molar-refractivity contribution in [2.45, 2.75) is 6.54 Å². The van der Waals surface area contributed by atoms with E-state index in [1.54, 1.807) is 30.7 Å². The first kappa shape index (κ1) is 14.0. The second-order valence-corrected chi connectivity index (χ2v) is 4.70. The highest BCUT2D eigenvalue weighted by molar-refractivity contribution is 5.80. The molecule has 0 aliphatic heterocycles. The van der Waals surface area contributed by atoms with Gasteiger partial charge in [-0.2, -0.15) is 0 Å². The number of para-hydroxylation sites is 1. The average Bonchev–Trinajstić information content (AvgIpc) is 2.84. The number of carbonyl (C=O) groups excluding carboxylic acids is 1. The maximum atomic E-state index is 12.0. The third kappa shape index (κ3) is 3.31. The highest BCUT2D eigenvalue weighted by Gasteiger charge is 2.16. The van der Waals surface area contributed by atoms with Crippen molar-refractivity contribution >= 4 is 11.6 Å². The third-order valence-corrected chi connectivity index (χ3v) is 2.99. The van der Waals surface area contributed by atoms with Crippen LogP contribution in [-0.4, -0.2) is 51.7 Å². The first-order valence-electron chi connectivity index (χ1n) is 6.29. The van der Waals surface area contributed by atoms with Gasteiger partial charge in [0.15, 0.2) is 5.82 Å². The van der Waals surface area contributed by atoms with Crippen LogP contribution in [0.25, 0.3) is 0 Å². The molecular formula is C13H18N6O. The molecule has 20 heavy (non-hydrogen) atoms. The zero-order chi connectivity index (χ0) is 14.5. The van der Waals surface area contributed by atoms with Gasteiger partial charge in [0, 0.05) is 26.8 Å². The molecule has 0 fully saturated rings. The maximum absolute atomic E-state index is 12.0. The number of hydrogen-bond donors (Lipinski definition) is 0. The number of nitrogens with zero attached hydrogens (tertiary/aromatic N) is 6. The summed E-state index contributed by atoms with van der Waals surface area (Å²) < 4.78 is 1.61. The van der Waals surface area contributed by atoms with E-state index in [1.807, 2.05) is 35.2 Å². The van der Waals surface area contributed by atoms with Crippen LogP contribution in [0.15, 0.2) is 30.3 Å². The Morgan fingerprint density at radius 1 is 1.25 bits per heavy atom. The monoisotopic (exact) mass is 274 g/mol. The number of anilines is 1. The van der Waals surface area contributed by atoms with Gasteiger partial charge in [0.2, 0.25) is 5.91 Å². The summed E-state index contributed by atoms with van der Waals surface area (Å²) in [5.74, 6) is 0.740. The lowest BCUT2D eigenvalue weighted by Gasteiger charge is -2.24. The van der Waals surface area contributed by atoms with Crippen molar-refractivity contribution in [2.24, 2.45) is 7.05 Å². The quantitative estimate of drug-likeness (QED) is 0.784. The summed E-state index contributed by atoms with van der Waals surface area (Å²) in [4.78, 5) is 15.5. The summed E-state index contributed by atoms with van der Waals surface area (Å²) in [5, 5.41) is 11.4. The number of aromatic nitrogens is 4. The number of carbonyl (C=O) groups is 1. The van der Waals surface area contributed by atoms with E-state index in [4.69, 9.17) is 0 Å². The van der Waals surface area contributed by atoms with Crippen molar-refractivity contribution in [3.63, 3.8) is 0 Å². The molecule has 1 heterocycles. The van der Waals surface area contributed by atoms with Crippen molar-refractivity contribution in [3.05, 3.63) is 36.2 Å². The summed E-state index contributed by atoms with van der Waals surface area (Å²) in [7, 11) is 5.27. The van der Waals surface area contributed by atoms with E-state index in [0.717, 1.165) is 5.69 Å². The van der Waals surface area contributed by atoms with Crippen LogP contribution >= 0.6 is 0 Å². The number of aryl methyl sites for hydroxylation is 1. The van der Waals surface area contributed by atoms with E-state index in [1.165, 1.54) is 0 Å². The zero-order valence-corrected chi connectivity index (χ0v) is 11.9. The van der Waals surface area contributed by atoms with E-state index in [9.17, 15) is 4.79 Å². The van der Waals surface area contributed by atoms with Gasteiger partial charge in [-0.15, -0.1) is 5.10 Å². The molecule has 0 N–H and O–H groups in total. The smallest absolute Gasteiger partial charge is 0.241 e. The average molecular weight is 274 g/mol. The number of amides is 1. The van der Waals surface area contributed by atoms with Gasteiger partial charge >= 0.3 is 0 Å². The van der Waals surface area contributed by atoms with Crippen LogP contribution in [0.5, 0.6) is 0 Å². The van der Waals surface area contributed by atoms with Crippen LogP contribution in [0.3, 0.4) is 0 Å². The van der Waals surface area contributed by atoms with Crippen LogP contribution in [0.2, 0.25) is 0 Å². The normalized spacial score (nSPS) is 10.3. The first-order chi connectivity index (χ1) is 9.58. The molecule has 0 saturated carbocycles. The second kappa shape index (κ2) is 6.14. The maximum Gasteiger partial charge on any atom is 0.241 e. The Bertz CT molecular complexity index is 565. The minimum atomic E-state index is 0.0315. The first-order valence-corrected chi connectivity index (χ1v) is 6.29. The molecule has 0 saturated heterocycles. The molecule has 0 radical (unpaired) electrons. The fraction of sp³-hybridized carbons (Fsp3) is 0.385. The molecule has 7 nitrogen and oxygen atoms in total. The van der Waals surface area contributed by atoms with Crippen LogP contribution in [-0.2, 0) is 18.4 Å². The molecule has 1 aromatic carbocycles. The van der Waals surface area contributed by atoms with Crippen molar-refractivity contribution < 1.29 is 4.79 Å². The van der Waals surface area contributed by atoms with Gasteiger partial charge in [-0.1, -0.05) is 18.2 Å². The fourth-order valence-electron chi connectivity index (χ4n) is 1.73. The van der Waals surface area contributed by atoms with Gasteiger partial charge in [-0.3, -0.25) is 4.79 Å². The Morgan fingerprint density at radius 2 is 1.95 bits per heavy atom. The van der Waals surface area contributed by atoms with Gasteiger partial charge < -0.3 is 9.80 Å². The number of benzene rings is 1. The Hall–Kier alpha value is -2.44. The van der Waals surface area contributed by atoms with E-state index >= 15 is 0 Å². The molecule has 2 aromatic rings. The molecule has 106 valence electrons. The molecule has 0 atom stereocenters. The van der Waals surface area contributed by atoms with Crippen LogP contribution in [0.4, 0.5) is 5.69 Å². The van der Waals surface area contributed by atoms with Crippen LogP contribution < -0.4 is 4.90 Å². The molecular weight excluding hydrogens is 256 g/mol. The summed E-state index contributed by atoms with van der Waals surface area (Å²) in [6, 6.07) is 9.76. The zero-order valence-electron chi connectivity index (χ0n) is 11.9. The third-order valence-electron chi connectivity index (χ3n) is 2.99. The summed E-state index contributed by atoms with van der Waals surface area (Å²) >= 11 is 0. The Morgan fingerprint density at radius 3 is 2.50 bits per heavy atom. The SMILES string of the molecule is CN(C)C(=O)CN(Cc1nnnn1C)c1ccccc1. The van der Waals surface area contributed by atoms with Crippen LogP contribution in [0, 0.1) is 0 Å². The molecule has 1 amide bonds. The summed E-state index contributed by atoms with van der Waals surface area (Å²) in [6.07, 6.45) is 0. The molecule has 7 heteroatoms. The minimum Gasteiger partial charge on any atom is -0.355 e. The van der Waals surface area contributed by atoms with E-state index in [0.29, 0.717) is 12.4 Å². The van der Waals surface area contributed by atoms with E-state index in [2.05, 4.69) is 15.5 Å². The number of tetrazole rings is 1. The molecule has 2 rings (SSSR count). The Labute approximate surface area is 117 Å². The van der Waals surface area contributed by atoms with Crippen molar-refractivity contribution in [3.8, 4) is 0 Å². The number of hydrogen-bond acceptors (Lipinski definition) is 5. The molecule has 1 aromatic heterocycles. The van der Waals surface area contributed by atoms with E-state index < -0.39 is 0 Å². The molecule has 0 unspecified atom stereocenters. The van der Waals surface area contributed by atoms with Gasteiger partial charge in [0.25, 0.3) is 0 Å². The Balaban J connectivity index is 2.20. The lowest BCUT2D eigenvalue weighted by atomic mass is 10.2. The lowest BCUT2D eigenvalue weighted by Crippen LogP contribution is -2.36. The van der Waals surface area contributed by atoms with E-state index in [-0.39, 0.29) is 12.5 Å². The van der Waals surface area contributed by atoms with Crippen molar-refractivity contribution in [1.82, 2.24) is 25.1 Å². The lowest BCUT2D eigenvalue weighted by molar-refractivity contribution is -0.127. The molecule has 0 spiro atoms. The second-order valence-electron chi connectivity index (χ2n) is 4.70.